The van der Waals surface area contributed by atoms with Crippen LogP contribution >= 0.6 is 0 Å². The van der Waals surface area contributed by atoms with E-state index in [1.165, 1.54) is 19.6 Å². The van der Waals surface area contributed by atoms with Crippen molar-refractivity contribution >= 4 is 18.0 Å². The van der Waals surface area contributed by atoms with Crippen molar-refractivity contribution < 1.29 is 29.1 Å². The van der Waals surface area contributed by atoms with Crippen molar-refractivity contribution in [1.82, 2.24) is 19.9 Å². The lowest BCUT2D eigenvalue weighted by atomic mass is 9.98. The summed E-state index contributed by atoms with van der Waals surface area (Å²) in [5, 5.41) is 12.1. The van der Waals surface area contributed by atoms with Gasteiger partial charge in [0, 0.05) is 32.3 Å². The van der Waals surface area contributed by atoms with Gasteiger partial charge in [-0.05, 0) is 22.3 Å². The Labute approximate surface area is 195 Å². The lowest BCUT2D eigenvalue weighted by Gasteiger charge is -2.14. The molecule has 0 spiro atoms. The summed E-state index contributed by atoms with van der Waals surface area (Å²) >= 11 is 0. The van der Waals surface area contributed by atoms with Crippen LogP contribution in [0.5, 0.6) is 0 Å². The maximum absolute atomic E-state index is 12.3. The SMILES string of the molecule is CN(OCC(=O)O)C(=O)c1cn(CCNC(=O)OCC2c3ccccc3-c3ccccc32)cn1. The Kier molecular flexibility index (Phi) is 6.88. The van der Waals surface area contributed by atoms with Crippen molar-refractivity contribution in [3.63, 3.8) is 0 Å². The summed E-state index contributed by atoms with van der Waals surface area (Å²) < 4.78 is 7.13. The first-order chi connectivity index (χ1) is 16.4. The van der Waals surface area contributed by atoms with Crippen molar-refractivity contribution in [2.45, 2.75) is 12.5 Å². The normalized spacial score (nSPS) is 12.0. The van der Waals surface area contributed by atoms with E-state index in [1.807, 2.05) is 24.3 Å². The molecule has 2 aromatic carbocycles. The number of hydrogen-bond acceptors (Lipinski definition) is 6. The number of aromatic nitrogens is 2. The molecule has 0 radical (unpaired) electrons. The number of alkyl carbamates (subject to hydrolysis) is 1. The minimum atomic E-state index is -1.19. The number of imidazole rings is 1. The van der Waals surface area contributed by atoms with Crippen LogP contribution in [-0.2, 0) is 20.9 Å². The van der Waals surface area contributed by atoms with E-state index in [1.54, 1.807) is 4.57 Å². The molecule has 1 heterocycles. The fourth-order valence-electron chi connectivity index (χ4n) is 3.90. The number of benzene rings is 2. The maximum Gasteiger partial charge on any atom is 0.407 e. The molecule has 0 atom stereocenters. The molecule has 2 amide bonds. The van der Waals surface area contributed by atoms with Crippen molar-refractivity contribution in [2.75, 3.05) is 26.8 Å². The second-order valence-electron chi connectivity index (χ2n) is 7.72. The zero-order valence-electron chi connectivity index (χ0n) is 18.5. The number of nitrogens with one attached hydrogen (secondary N) is 1. The van der Waals surface area contributed by atoms with Crippen molar-refractivity contribution in [1.29, 1.82) is 0 Å². The molecular weight excluding hydrogens is 440 g/mol. The number of carbonyl (C=O) groups is 3. The topological polar surface area (TPSA) is 123 Å². The van der Waals surface area contributed by atoms with Gasteiger partial charge in [0.25, 0.3) is 5.91 Å². The van der Waals surface area contributed by atoms with Gasteiger partial charge in [0.2, 0.25) is 0 Å². The van der Waals surface area contributed by atoms with Crippen LogP contribution < -0.4 is 5.32 Å². The molecule has 0 aliphatic heterocycles. The number of carboxylic acid groups (broad SMARTS) is 1. The van der Waals surface area contributed by atoms with E-state index in [-0.39, 0.29) is 24.8 Å². The summed E-state index contributed by atoms with van der Waals surface area (Å²) in [5.74, 6) is -1.78. The van der Waals surface area contributed by atoms with Crippen molar-refractivity contribution in [3.8, 4) is 11.1 Å². The van der Waals surface area contributed by atoms with Gasteiger partial charge in [-0.2, -0.15) is 0 Å². The Morgan fingerprint density at radius 3 is 2.38 bits per heavy atom. The van der Waals surface area contributed by atoms with Crippen molar-refractivity contribution in [2.24, 2.45) is 0 Å². The Morgan fingerprint density at radius 2 is 1.74 bits per heavy atom. The molecule has 1 aliphatic carbocycles. The minimum Gasteiger partial charge on any atom is -0.479 e. The highest BCUT2D eigenvalue weighted by atomic mass is 16.7. The van der Waals surface area contributed by atoms with E-state index in [9.17, 15) is 14.4 Å². The van der Waals surface area contributed by atoms with Crippen LogP contribution in [0.3, 0.4) is 0 Å². The smallest absolute Gasteiger partial charge is 0.407 e. The zero-order chi connectivity index (χ0) is 24.1. The molecule has 0 saturated heterocycles. The number of nitrogens with zero attached hydrogens (tertiary/aromatic N) is 3. The van der Waals surface area contributed by atoms with Crippen LogP contribution in [0, 0.1) is 0 Å². The Hall–Kier alpha value is -4.18. The van der Waals surface area contributed by atoms with Crippen LogP contribution in [0.2, 0.25) is 0 Å². The Balaban J connectivity index is 1.25. The molecule has 4 rings (SSSR count). The molecule has 3 aromatic rings. The molecule has 1 aliphatic rings. The number of amides is 2. The van der Waals surface area contributed by atoms with Gasteiger partial charge in [-0.1, -0.05) is 48.5 Å². The summed E-state index contributed by atoms with van der Waals surface area (Å²) in [5.41, 5.74) is 4.70. The van der Waals surface area contributed by atoms with Crippen molar-refractivity contribution in [3.05, 3.63) is 77.9 Å². The van der Waals surface area contributed by atoms with E-state index in [4.69, 9.17) is 14.7 Å². The Bertz CT molecular complexity index is 1160. The van der Waals surface area contributed by atoms with Gasteiger partial charge in [0.15, 0.2) is 6.61 Å². The lowest BCUT2D eigenvalue weighted by molar-refractivity contribution is -0.159. The first-order valence-electron chi connectivity index (χ1n) is 10.7. The molecule has 0 saturated carbocycles. The average Bonchev–Trinajstić information content (AvgIpc) is 3.43. The summed E-state index contributed by atoms with van der Waals surface area (Å²) in [6.45, 7) is 0.232. The van der Waals surface area contributed by atoms with E-state index in [0.29, 0.717) is 6.54 Å². The van der Waals surface area contributed by atoms with Gasteiger partial charge >= 0.3 is 12.1 Å². The lowest BCUT2D eigenvalue weighted by Crippen LogP contribution is -2.30. The molecule has 1 aromatic heterocycles. The quantitative estimate of drug-likeness (QED) is 0.467. The average molecular weight is 464 g/mol. The van der Waals surface area contributed by atoms with Gasteiger partial charge in [0.05, 0.1) is 6.33 Å². The van der Waals surface area contributed by atoms with E-state index < -0.39 is 24.6 Å². The highest BCUT2D eigenvalue weighted by Gasteiger charge is 2.29. The standard InChI is InChI=1S/C24H24N4O6/c1-27(34-14-22(29)30)23(31)21-12-28(15-26-21)11-10-25-24(32)33-13-20-18-8-4-2-6-16(18)17-7-3-5-9-19(17)20/h2-9,12,15,20H,10-11,13-14H2,1H3,(H,25,32)(H,29,30). The van der Waals surface area contributed by atoms with Crippen LogP contribution in [0.15, 0.2) is 61.1 Å². The van der Waals surface area contributed by atoms with E-state index in [0.717, 1.165) is 27.3 Å². The predicted octanol–water partition coefficient (Wildman–Crippen LogP) is 2.51. The second-order valence-corrected chi connectivity index (χ2v) is 7.72. The Morgan fingerprint density at radius 1 is 1.09 bits per heavy atom. The highest BCUT2D eigenvalue weighted by Crippen LogP contribution is 2.44. The molecule has 0 bridgehead atoms. The third-order valence-electron chi connectivity index (χ3n) is 5.50. The number of hydrogen-bond donors (Lipinski definition) is 2. The number of aliphatic carboxylic acids is 1. The van der Waals surface area contributed by atoms with Crippen LogP contribution in [-0.4, -0.2) is 64.5 Å². The van der Waals surface area contributed by atoms with E-state index in [2.05, 4.69) is 34.6 Å². The number of carbonyl (C=O) groups excluding carboxylic acids is 2. The van der Waals surface area contributed by atoms with E-state index >= 15 is 0 Å². The van der Waals surface area contributed by atoms with Gasteiger partial charge in [-0.15, -0.1) is 0 Å². The molecule has 10 nitrogen and oxygen atoms in total. The van der Waals surface area contributed by atoms with Gasteiger partial charge in [0.1, 0.15) is 12.3 Å². The molecule has 34 heavy (non-hydrogen) atoms. The highest BCUT2D eigenvalue weighted by molar-refractivity contribution is 5.91. The van der Waals surface area contributed by atoms with Gasteiger partial charge < -0.3 is 19.7 Å². The second kappa shape index (κ2) is 10.2. The monoisotopic (exact) mass is 464 g/mol. The predicted molar refractivity (Wildman–Crippen MR) is 121 cm³/mol. The van der Waals surface area contributed by atoms with Crippen LogP contribution in [0.4, 0.5) is 4.79 Å². The minimum absolute atomic E-state index is 0.0132. The zero-order valence-corrected chi connectivity index (χ0v) is 18.5. The third-order valence-corrected chi connectivity index (χ3v) is 5.50. The number of ether oxygens (including phenoxy) is 1. The largest absolute Gasteiger partial charge is 0.479 e. The summed E-state index contributed by atoms with van der Waals surface area (Å²) in [4.78, 5) is 43.8. The van der Waals surface area contributed by atoms with Gasteiger partial charge in [-0.25, -0.2) is 19.6 Å². The number of hydroxylamine groups is 2. The molecule has 176 valence electrons. The van der Waals surface area contributed by atoms with Crippen LogP contribution in [0.25, 0.3) is 11.1 Å². The molecule has 2 N–H and O–H groups in total. The summed E-state index contributed by atoms with van der Waals surface area (Å²) in [7, 11) is 1.31. The first kappa shape index (κ1) is 23.0. The number of rotatable bonds is 9. The maximum atomic E-state index is 12.3. The fourth-order valence-corrected chi connectivity index (χ4v) is 3.90. The summed E-state index contributed by atoms with van der Waals surface area (Å²) in [6.07, 6.45) is 2.40. The van der Waals surface area contributed by atoms with Gasteiger partial charge in [-0.3, -0.25) is 9.63 Å². The molecule has 0 fully saturated rings. The summed E-state index contributed by atoms with van der Waals surface area (Å²) in [6, 6.07) is 16.2. The number of fused-ring (bicyclic) bond motifs is 3. The fraction of sp³-hybridized carbons (Fsp3) is 0.250. The van der Waals surface area contributed by atoms with Crippen LogP contribution in [0.1, 0.15) is 27.5 Å². The number of carboxylic acids is 1. The molecular formula is C24H24N4O6. The molecule has 10 heteroatoms. The molecule has 0 unspecified atom stereocenters. The third kappa shape index (κ3) is 5.07. The first-order valence-corrected chi connectivity index (χ1v) is 10.7.